The number of carbonyl (C=O) groups excluding carboxylic acids is 2. The number of nitrogens with two attached hydrogens (primary N) is 1. The molecule has 0 aromatic carbocycles. The second-order valence-corrected chi connectivity index (χ2v) is 5.72. The number of carboxylic acid groups (broad SMARTS) is 1. The van der Waals surface area contributed by atoms with Crippen molar-refractivity contribution in [1.82, 2.24) is 10.2 Å². The summed E-state index contributed by atoms with van der Waals surface area (Å²) in [6, 6.07) is -0.497. The molecule has 0 saturated carbocycles. The zero-order valence-corrected chi connectivity index (χ0v) is 11.3. The van der Waals surface area contributed by atoms with E-state index in [-0.39, 0.29) is 19.6 Å². The van der Waals surface area contributed by atoms with Crippen LogP contribution in [0.5, 0.6) is 0 Å². The van der Waals surface area contributed by atoms with Gasteiger partial charge in [0.05, 0.1) is 12.0 Å². The molecule has 2 heterocycles. The molecule has 2 fully saturated rings. The summed E-state index contributed by atoms with van der Waals surface area (Å²) in [5.74, 6) is -1.56. The molecule has 2 rings (SSSR count). The van der Waals surface area contributed by atoms with E-state index in [1.54, 1.807) is 6.92 Å². The molecule has 0 aromatic rings. The number of nitrogens with one attached hydrogen (secondary N) is 1. The van der Waals surface area contributed by atoms with Crippen LogP contribution in [0.25, 0.3) is 0 Å². The van der Waals surface area contributed by atoms with E-state index in [1.807, 2.05) is 0 Å². The van der Waals surface area contributed by atoms with Gasteiger partial charge in [0.2, 0.25) is 5.91 Å². The number of hydrogen-bond donors (Lipinski definition) is 3. The van der Waals surface area contributed by atoms with Crippen LogP contribution in [0.15, 0.2) is 0 Å². The Morgan fingerprint density at radius 1 is 1.35 bits per heavy atom. The lowest BCUT2D eigenvalue weighted by Crippen LogP contribution is -2.58. The molecule has 0 spiro atoms. The van der Waals surface area contributed by atoms with Gasteiger partial charge in [-0.2, -0.15) is 0 Å². The van der Waals surface area contributed by atoms with E-state index in [9.17, 15) is 19.5 Å². The average Bonchev–Trinajstić information content (AvgIpc) is 2.97. The smallest absolute Gasteiger partial charge is 0.332 e. The average molecular weight is 285 g/mol. The normalized spacial score (nSPS) is 33.1. The minimum Gasteiger partial charge on any atom is -0.479 e. The Morgan fingerprint density at radius 2 is 2.05 bits per heavy atom. The maximum absolute atomic E-state index is 12.2. The molecular formula is C12H19N3O5. The molecule has 2 aliphatic rings. The number of urea groups is 1. The summed E-state index contributed by atoms with van der Waals surface area (Å²) in [5, 5.41) is 11.8. The fraction of sp³-hybridized carbons (Fsp3) is 0.750. The summed E-state index contributed by atoms with van der Waals surface area (Å²) in [5.41, 5.74) is 3.20. The number of aliphatic carboxylic acids is 1. The summed E-state index contributed by atoms with van der Waals surface area (Å²) in [6.07, 6.45) is 0.710. The van der Waals surface area contributed by atoms with Crippen molar-refractivity contribution < 1.29 is 24.2 Å². The van der Waals surface area contributed by atoms with Crippen molar-refractivity contribution in [1.29, 1.82) is 0 Å². The lowest BCUT2D eigenvalue weighted by atomic mass is 9.89. The quantitative estimate of drug-likeness (QED) is 0.622. The minimum absolute atomic E-state index is 0.0466. The molecule has 20 heavy (non-hydrogen) atoms. The first kappa shape index (κ1) is 14.6. The third kappa shape index (κ3) is 2.43. The lowest BCUT2D eigenvalue weighted by molar-refractivity contribution is -0.144. The predicted octanol–water partition coefficient (Wildman–Crippen LogP) is -0.863. The van der Waals surface area contributed by atoms with Crippen molar-refractivity contribution in [3.8, 4) is 0 Å². The van der Waals surface area contributed by atoms with Gasteiger partial charge < -0.3 is 25.8 Å². The molecule has 3 amide bonds. The predicted molar refractivity (Wildman–Crippen MR) is 67.8 cm³/mol. The maximum atomic E-state index is 12.2. The van der Waals surface area contributed by atoms with Crippen molar-refractivity contribution in [3.05, 3.63) is 0 Å². The fourth-order valence-electron chi connectivity index (χ4n) is 2.50. The summed E-state index contributed by atoms with van der Waals surface area (Å²) in [4.78, 5) is 36.3. The SMILES string of the molecule is CC1(C(N)=O)CCN(C(=O)NC2(C(=O)O)CCOC2)C1. The number of primary amides is 1. The molecule has 8 heteroatoms. The van der Waals surface area contributed by atoms with Crippen LogP contribution in [-0.4, -0.2) is 59.8 Å². The van der Waals surface area contributed by atoms with Gasteiger partial charge in [0, 0.05) is 26.1 Å². The minimum atomic E-state index is -1.37. The highest BCUT2D eigenvalue weighted by atomic mass is 16.5. The maximum Gasteiger partial charge on any atom is 0.332 e. The molecule has 0 bridgehead atoms. The Bertz CT molecular complexity index is 446. The third-order valence-corrected chi connectivity index (χ3v) is 4.13. The second kappa shape index (κ2) is 4.93. The molecule has 2 unspecified atom stereocenters. The van der Waals surface area contributed by atoms with E-state index in [0.29, 0.717) is 19.6 Å². The molecule has 0 radical (unpaired) electrons. The van der Waals surface area contributed by atoms with Gasteiger partial charge in [-0.25, -0.2) is 9.59 Å². The number of hydrogen-bond acceptors (Lipinski definition) is 4. The molecule has 2 atom stereocenters. The van der Waals surface area contributed by atoms with Crippen LogP contribution >= 0.6 is 0 Å². The molecule has 4 N–H and O–H groups in total. The van der Waals surface area contributed by atoms with E-state index in [0.717, 1.165) is 0 Å². The van der Waals surface area contributed by atoms with Crippen LogP contribution in [0.3, 0.4) is 0 Å². The molecule has 0 aliphatic carbocycles. The Morgan fingerprint density at radius 3 is 2.50 bits per heavy atom. The summed E-state index contributed by atoms with van der Waals surface area (Å²) < 4.78 is 5.08. The van der Waals surface area contributed by atoms with Gasteiger partial charge in [-0.15, -0.1) is 0 Å². The van der Waals surface area contributed by atoms with Crippen LogP contribution in [-0.2, 0) is 14.3 Å². The van der Waals surface area contributed by atoms with Crippen LogP contribution in [0.1, 0.15) is 19.8 Å². The standard InChI is InChI=1S/C12H19N3O5/c1-11(8(13)16)2-4-15(6-11)10(19)14-12(9(17)18)3-5-20-7-12/h2-7H2,1H3,(H2,13,16)(H,14,19)(H,17,18). The van der Waals surface area contributed by atoms with Gasteiger partial charge in [-0.3, -0.25) is 4.79 Å². The number of carboxylic acids is 1. The number of amides is 3. The van der Waals surface area contributed by atoms with E-state index in [2.05, 4.69) is 5.32 Å². The summed E-state index contributed by atoms with van der Waals surface area (Å²) in [7, 11) is 0. The van der Waals surface area contributed by atoms with Crippen molar-refractivity contribution in [3.63, 3.8) is 0 Å². The van der Waals surface area contributed by atoms with E-state index in [1.165, 1.54) is 4.90 Å². The van der Waals surface area contributed by atoms with Crippen molar-refractivity contribution in [2.45, 2.75) is 25.3 Å². The van der Waals surface area contributed by atoms with Gasteiger partial charge in [-0.05, 0) is 13.3 Å². The third-order valence-electron chi connectivity index (χ3n) is 4.13. The Kier molecular flexibility index (Phi) is 3.59. The second-order valence-electron chi connectivity index (χ2n) is 5.72. The number of carbonyl (C=O) groups is 3. The lowest BCUT2D eigenvalue weighted by Gasteiger charge is -2.28. The monoisotopic (exact) mass is 285 g/mol. The molecule has 8 nitrogen and oxygen atoms in total. The molecule has 0 aromatic heterocycles. The molecule has 2 saturated heterocycles. The van der Waals surface area contributed by atoms with Crippen molar-refractivity contribution in [2.75, 3.05) is 26.3 Å². The van der Waals surface area contributed by atoms with Crippen LogP contribution < -0.4 is 11.1 Å². The fourth-order valence-corrected chi connectivity index (χ4v) is 2.50. The first-order valence-electron chi connectivity index (χ1n) is 6.47. The number of nitrogens with zero attached hydrogens (tertiary/aromatic N) is 1. The van der Waals surface area contributed by atoms with E-state index >= 15 is 0 Å². The van der Waals surface area contributed by atoms with Crippen molar-refractivity contribution >= 4 is 17.9 Å². The highest BCUT2D eigenvalue weighted by Crippen LogP contribution is 2.30. The van der Waals surface area contributed by atoms with Crippen LogP contribution in [0.4, 0.5) is 4.79 Å². The zero-order valence-electron chi connectivity index (χ0n) is 11.3. The number of likely N-dealkylation sites (tertiary alicyclic amines) is 1. The summed E-state index contributed by atoms with van der Waals surface area (Å²) in [6.45, 7) is 2.53. The van der Waals surface area contributed by atoms with Crippen LogP contribution in [0, 0.1) is 5.41 Å². The number of rotatable bonds is 3. The van der Waals surface area contributed by atoms with Gasteiger partial charge >= 0.3 is 12.0 Å². The number of ether oxygens (including phenoxy) is 1. The van der Waals surface area contributed by atoms with Gasteiger partial charge in [0.25, 0.3) is 0 Å². The Labute approximate surface area is 116 Å². The van der Waals surface area contributed by atoms with Crippen LogP contribution in [0.2, 0.25) is 0 Å². The first-order chi connectivity index (χ1) is 9.29. The molecular weight excluding hydrogens is 266 g/mol. The highest BCUT2D eigenvalue weighted by Gasteiger charge is 2.47. The molecule has 2 aliphatic heterocycles. The van der Waals surface area contributed by atoms with Crippen molar-refractivity contribution in [2.24, 2.45) is 11.1 Å². The summed E-state index contributed by atoms with van der Waals surface area (Å²) >= 11 is 0. The first-order valence-corrected chi connectivity index (χ1v) is 6.47. The highest BCUT2D eigenvalue weighted by molar-refractivity contribution is 5.88. The van der Waals surface area contributed by atoms with E-state index < -0.39 is 28.9 Å². The Balaban J connectivity index is 2.03. The zero-order chi connectivity index (χ0) is 15.0. The van der Waals surface area contributed by atoms with Gasteiger partial charge in [0.15, 0.2) is 5.54 Å². The molecule has 112 valence electrons. The largest absolute Gasteiger partial charge is 0.479 e. The Hall–Kier alpha value is -1.83. The van der Waals surface area contributed by atoms with Gasteiger partial charge in [-0.1, -0.05) is 0 Å². The van der Waals surface area contributed by atoms with Gasteiger partial charge in [0.1, 0.15) is 0 Å². The topological polar surface area (TPSA) is 122 Å². The van der Waals surface area contributed by atoms with E-state index in [4.69, 9.17) is 10.5 Å².